The van der Waals surface area contributed by atoms with Gasteiger partial charge in [0.2, 0.25) is 0 Å². The van der Waals surface area contributed by atoms with Gasteiger partial charge in [-0.2, -0.15) is 0 Å². The molecule has 1 aromatic rings. The van der Waals surface area contributed by atoms with Crippen LogP contribution in [0.5, 0.6) is 0 Å². The van der Waals surface area contributed by atoms with E-state index in [4.69, 9.17) is 0 Å². The molecular weight excluding hydrogens is 202 g/mol. The highest BCUT2D eigenvalue weighted by Gasteiger charge is 2.35. The summed E-state index contributed by atoms with van der Waals surface area (Å²) in [5, 5.41) is 6.53. The van der Waals surface area contributed by atoms with Gasteiger partial charge in [-0.05, 0) is 25.1 Å². The molecule has 0 saturated carbocycles. The maximum atomic E-state index is 11.1. The van der Waals surface area contributed by atoms with Crippen LogP contribution in [0.3, 0.4) is 0 Å². The van der Waals surface area contributed by atoms with Crippen molar-refractivity contribution in [3.8, 4) is 0 Å². The number of likely N-dealkylation sites (N-methyl/N-ethyl adjacent to an activating group) is 1. The van der Waals surface area contributed by atoms with Gasteiger partial charge in [0.1, 0.15) is 0 Å². The second kappa shape index (κ2) is 3.49. The molecule has 0 spiro atoms. The molecule has 0 fully saturated rings. The molecule has 1 aromatic carbocycles. The molecule has 2 N–H and O–H groups in total. The summed E-state index contributed by atoms with van der Waals surface area (Å²) >= 11 is 0. The van der Waals surface area contributed by atoms with Gasteiger partial charge in [0.25, 0.3) is 0 Å². The first-order chi connectivity index (χ1) is 7.83. The van der Waals surface area contributed by atoms with E-state index in [-0.39, 0.29) is 6.17 Å². The first-order valence-electron chi connectivity index (χ1n) is 5.61. The Hall–Kier alpha value is -1.55. The summed E-state index contributed by atoms with van der Waals surface area (Å²) in [6.07, 6.45) is 1.80. The lowest BCUT2D eigenvalue weighted by molar-refractivity contribution is -0.108. The molecule has 2 aliphatic rings. The monoisotopic (exact) mass is 217 g/mol. The van der Waals surface area contributed by atoms with Crippen LogP contribution in [0.1, 0.15) is 5.56 Å². The van der Waals surface area contributed by atoms with Gasteiger partial charge in [-0.25, -0.2) is 0 Å². The summed E-state index contributed by atoms with van der Waals surface area (Å²) in [5.74, 6) is 0. The minimum Gasteiger partial charge on any atom is -0.358 e. The van der Waals surface area contributed by atoms with E-state index in [1.165, 1.54) is 11.3 Å². The zero-order chi connectivity index (χ0) is 11.1. The van der Waals surface area contributed by atoms with Crippen LogP contribution in [-0.4, -0.2) is 32.1 Å². The van der Waals surface area contributed by atoms with E-state index < -0.39 is 0 Å². The first-order valence-corrected chi connectivity index (χ1v) is 5.61. The van der Waals surface area contributed by atoms with Gasteiger partial charge in [0.15, 0.2) is 12.5 Å². The Morgan fingerprint density at radius 1 is 1.56 bits per heavy atom. The van der Waals surface area contributed by atoms with Crippen LogP contribution < -0.4 is 15.5 Å². The fourth-order valence-corrected chi connectivity index (χ4v) is 2.66. The molecule has 4 nitrogen and oxygen atoms in total. The maximum Gasteiger partial charge on any atom is 0.162 e. The van der Waals surface area contributed by atoms with E-state index in [0.29, 0.717) is 6.04 Å². The Labute approximate surface area is 94.6 Å². The largest absolute Gasteiger partial charge is 0.358 e. The number of aldehydes is 1. The molecule has 1 unspecified atom stereocenters. The van der Waals surface area contributed by atoms with E-state index in [0.717, 1.165) is 24.9 Å². The average Bonchev–Trinajstić information content (AvgIpc) is 2.69. The molecule has 0 aromatic heterocycles. The number of nitrogens with zero attached hydrogens (tertiary/aromatic N) is 1. The number of rotatable bonds is 2. The van der Waals surface area contributed by atoms with Crippen LogP contribution in [0.15, 0.2) is 18.2 Å². The molecule has 0 radical (unpaired) electrons. The summed E-state index contributed by atoms with van der Waals surface area (Å²) in [7, 11) is 1.97. The van der Waals surface area contributed by atoms with Crippen molar-refractivity contribution in [3.05, 3.63) is 23.8 Å². The summed E-state index contributed by atoms with van der Waals surface area (Å²) < 4.78 is 0. The van der Waals surface area contributed by atoms with Gasteiger partial charge in [0, 0.05) is 12.6 Å². The van der Waals surface area contributed by atoms with Crippen LogP contribution in [0.2, 0.25) is 0 Å². The number of carbonyl (C=O) groups is 1. The van der Waals surface area contributed by atoms with Gasteiger partial charge in [-0.15, -0.1) is 0 Å². The van der Waals surface area contributed by atoms with Gasteiger partial charge in [-0.3, -0.25) is 4.79 Å². The smallest absolute Gasteiger partial charge is 0.162 e. The van der Waals surface area contributed by atoms with Crippen molar-refractivity contribution in [2.24, 2.45) is 0 Å². The summed E-state index contributed by atoms with van der Waals surface area (Å²) in [6.45, 7) is 0.886. The molecular formula is C12H15N3O. The number of nitrogens with one attached hydrogen (secondary N) is 2. The number of anilines is 2. The Kier molecular flexibility index (Phi) is 2.11. The zero-order valence-electron chi connectivity index (χ0n) is 9.23. The molecule has 0 aliphatic carbocycles. The predicted octanol–water partition coefficient (Wildman–Crippen LogP) is 0.588. The molecule has 84 valence electrons. The molecule has 0 saturated heterocycles. The van der Waals surface area contributed by atoms with Crippen molar-refractivity contribution in [3.63, 3.8) is 0 Å². The minimum absolute atomic E-state index is 0.202. The minimum atomic E-state index is -0.202. The summed E-state index contributed by atoms with van der Waals surface area (Å²) in [6, 6.07) is 6.65. The van der Waals surface area contributed by atoms with Crippen molar-refractivity contribution in [1.29, 1.82) is 0 Å². The summed E-state index contributed by atoms with van der Waals surface area (Å²) in [4.78, 5) is 13.2. The second-order valence-electron chi connectivity index (χ2n) is 4.38. The normalized spacial score (nSPS) is 26.2. The van der Waals surface area contributed by atoms with Crippen molar-refractivity contribution >= 4 is 17.7 Å². The van der Waals surface area contributed by atoms with E-state index in [9.17, 15) is 4.79 Å². The molecule has 2 heterocycles. The fraction of sp³-hybridized carbons (Fsp3) is 0.417. The molecule has 3 rings (SSSR count). The lowest BCUT2D eigenvalue weighted by atomic mass is 9.98. The number of hydrogen-bond acceptors (Lipinski definition) is 4. The van der Waals surface area contributed by atoms with E-state index >= 15 is 0 Å². The van der Waals surface area contributed by atoms with Gasteiger partial charge in [0.05, 0.1) is 11.4 Å². The Balaban J connectivity index is 2.07. The Morgan fingerprint density at radius 2 is 2.44 bits per heavy atom. The molecule has 0 amide bonds. The van der Waals surface area contributed by atoms with Gasteiger partial charge < -0.3 is 15.5 Å². The van der Waals surface area contributed by atoms with E-state index in [2.05, 4.69) is 21.6 Å². The average molecular weight is 217 g/mol. The van der Waals surface area contributed by atoms with Crippen molar-refractivity contribution in [1.82, 2.24) is 5.32 Å². The number of carbonyl (C=O) groups excluding carboxylic acids is 1. The Morgan fingerprint density at radius 3 is 3.19 bits per heavy atom. The van der Waals surface area contributed by atoms with Crippen LogP contribution in [0.4, 0.5) is 11.4 Å². The van der Waals surface area contributed by atoms with Gasteiger partial charge >= 0.3 is 0 Å². The number of para-hydroxylation sites is 1. The zero-order valence-corrected chi connectivity index (χ0v) is 9.23. The molecule has 16 heavy (non-hydrogen) atoms. The lowest BCUT2D eigenvalue weighted by Crippen LogP contribution is -2.49. The van der Waals surface area contributed by atoms with Crippen LogP contribution in [0, 0.1) is 0 Å². The number of hydrogen-bond donors (Lipinski definition) is 2. The fourth-order valence-electron chi connectivity index (χ4n) is 2.66. The third-order valence-electron chi connectivity index (χ3n) is 3.47. The highest BCUT2D eigenvalue weighted by atomic mass is 16.1. The quantitative estimate of drug-likeness (QED) is 0.712. The van der Waals surface area contributed by atoms with Crippen molar-refractivity contribution in [2.75, 3.05) is 23.8 Å². The van der Waals surface area contributed by atoms with E-state index in [1.807, 2.05) is 19.2 Å². The molecule has 0 bridgehead atoms. The maximum absolute atomic E-state index is 11.1. The van der Waals surface area contributed by atoms with Crippen LogP contribution in [0.25, 0.3) is 0 Å². The van der Waals surface area contributed by atoms with Crippen LogP contribution >= 0.6 is 0 Å². The standard InChI is InChI=1S/C12H15N3O/c1-13-9-5-8-3-2-4-10-12(8)15(6-9)11(7-16)14-10/h2-4,7,9,11,13-14H,5-6H2,1H3/t9-,11?/m1/s1. The topological polar surface area (TPSA) is 44.4 Å². The van der Waals surface area contributed by atoms with Crippen molar-refractivity contribution in [2.45, 2.75) is 18.6 Å². The van der Waals surface area contributed by atoms with E-state index in [1.54, 1.807) is 0 Å². The molecule has 4 heteroatoms. The number of benzene rings is 1. The third-order valence-corrected chi connectivity index (χ3v) is 3.47. The third kappa shape index (κ3) is 1.23. The molecule has 2 atom stereocenters. The Bertz CT molecular complexity index is 432. The lowest BCUT2D eigenvalue weighted by Gasteiger charge is -2.34. The highest BCUT2D eigenvalue weighted by Crippen LogP contribution is 2.40. The van der Waals surface area contributed by atoms with Crippen LogP contribution in [-0.2, 0) is 11.2 Å². The van der Waals surface area contributed by atoms with Crippen molar-refractivity contribution < 1.29 is 4.79 Å². The molecule has 2 aliphatic heterocycles. The second-order valence-corrected chi connectivity index (χ2v) is 4.38. The summed E-state index contributed by atoms with van der Waals surface area (Å²) in [5.41, 5.74) is 3.62. The highest BCUT2D eigenvalue weighted by molar-refractivity contribution is 5.87. The predicted molar refractivity (Wildman–Crippen MR) is 63.8 cm³/mol. The first kappa shape index (κ1) is 9.66. The SMILES string of the molecule is CN[C@@H]1Cc2cccc3c2N(C1)C(C=O)N3. The van der Waals surface area contributed by atoms with Gasteiger partial charge in [-0.1, -0.05) is 12.1 Å².